The highest BCUT2D eigenvalue weighted by Crippen LogP contribution is 2.51. The van der Waals surface area contributed by atoms with Gasteiger partial charge in [-0.15, -0.1) is 0 Å². The van der Waals surface area contributed by atoms with Crippen LogP contribution >= 0.6 is 11.6 Å². The average molecular weight is 485 g/mol. The molecule has 2 atom stereocenters. The summed E-state index contributed by atoms with van der Waals surface area (Å²) < 4.78 is 36.9. The number of aromatic amines is 1. The van der Waals surface area contributed by atoms with Crippen molar-refractivity contribution >= 4 is 17.4 Å². The van der Waals surface area contributed by atoms with E-state index in [1.165, 1.54) is 12.3 Å². The molecule has 8 heteroatoms. The second-order valence-corrected chi connectivity index (χ2v) is 9.08. The van der Waals surface area contributed by atoms with Crippen LogP contribution in [0.2, 0.25) is 5.02 Å². The molecule has 3 aromatic rings. The lowest BCUT2D eigenvalue weighted by molar-refractivity contribution is 0.0539. The smallest absolute Gasteiger partial charge is 0.284 e. The third-order valence-electron chi connectivity index (χ3n) is 6.81. The Morgan fingerprint density at radius 1 is 1.24 bits per heavy atom. The Hall–Kier alpha value is -3.03. The number of pyridine rings is 1. The summed E-state index contributed by atoms with van der Waals surface area (Å²) in [6.45, 7) is 2.45. The third-order valence-corrected chi connectivity index (χ3v) is 7.18. The van der Waals surface area contributed by atoms with E-state index in [2.05, 4.69) is 10.3 Å². The predicted octanol–water partition coefficient (Wildman–Crippen LogP) is 5.15. The normalized spacial score (nSPS) is 21.4. The first-order valence-corrected chi connectivity index (χ1v) is 11.7. The van der Waals surface area contributed by atoms with E-state index in [1.807, 2.05) is 30.3 Å². The number of benzene rings is 2. The highest BCUT2D eigenvalue weighted by Gasteiger charge is 2.50. The van der Waals surface area contributed by atoms with Crippen molar-refractivity contribution in [1.29, 1.82) is 0 Å². The molecule has 0 spiro atoms. The molecule has 0 aliphatic carbocycles. The molecule has 0 bridgehead atoms. The molecular weight excluding hydrogens is 462 g/mol. The Balaban J connectivity index is 1.78. The topological polar surface area (TPSA) is 71.2 Å². The summed E-state index contributed by atoms with van der Waals surface area (Å²) in [5, 5.41) is 3.14. The first kappa shape index (κ1) is 22.7. The number of hydrogen-bond acceptors (Lipinski definition) is 4. The number of carbonyl (C=O) groups is 1. The van der Waals surface area contributed by atoms with Gasteiger partial charge in [0.25, 0.3) is 5.56 Å². The standard InChI is InChI=1S/C26H23ClF2N2O3/c1-2-18(32)16-13-31-25(33)24(29)22(16)21-15-12-26(20-9-6-10-30-20,14-7-4-3-5-8-14)34-19(15)11-17(28)23(21)27/h3-5,7-8,11,13,20,30H,2,6,9-10,12H2,1H3,(H,31,33)/t20-,26-/m0/s1. The van der Waals surface area contributed by atoms with Crippen molar-refractivity contribution in [2.75, 3.05) is 6.54 Å². The zero-order valence-electron chi connectivity index (χ0n) is 18.5. The molecular formula is C26H23ClF2N2O3. The van der Waals surface area contributed by atoms with Crippen molar-refractivity contribution in [2.24, 2.45) is 0 Å². The number of ether oxygens (including phenoxy) is 1. The highest BCUT2D eigenvalue weighted by atomic mass is 35.5. The number of hydrogen-bond donors (Lipinski definition) is 2. The average Bonchev–Trinajstić information content (AvgIpc) is 3.51. The van der Waals surface area contributed by atoms with E-state index in [0.717, 1.165) is 24.9 Å². The summed E-state index contributed by atoms with van der Waals surface area (Å²) in [6.07, 6.45) is 3.31. The van der Waals surface area contributed by atoms with Gasteiger partial charge in [0.1, 0.15) is 11.6 Å². The van der Waals surface area contributed by atoms with Gasteiger partial charge in [0, 0.05) is 47.4 Å². The molecule has 0 radical (unpaired) electrons. The quantitative estimate of drug-likeness (QED) is 0.491. The SMILES string of the molecule is CCC(=O)c1c[nH]c(=O)c(F)c1-c1c(Cl)c(F)cc2c1C[C@](c1ccccc1)([C@@H]1CCCN1)O2. The Morgan fingerprint density at radius 3 is 2.68 bits per heavy atom. The van der Waals surface area contributed by atoms with Gasteiger partial charge in [0.2, 0.25) is 0 Å². The summed E-state index contributed by atoms with van der Waals surface area (Å²) in [5.74, 6) is -2.16. The number of nitrogens with one attached hydrogen (secondary N) is 2. The molecule has 2 aliphatic heterocycles. The largest absolute Gasteiger partial charge is 0.480 e. The minimum Gasteiger partial charge on any atom is -0.480 e. The molecule has 34 heavy (non-hydrogen) atoms. The summed E-state index contributed by atoms with van der Waals surface area (Å²) in [4.78, 5) is 27.1. The zero-order chi connectivity index (χ0) is 24.0. The van der Waals surface area contributed by atoms with Crippen LogP contribution in [0.25, 0.3) is 11.1 Å². The summed E-state index contributed by atoms with van der Waals surface area (Å²) in [6, 6.07) is 10.7. The number of aromatic nitrogens is 1. The maximum Gasteiger partial charge on any atom is 0.284 e. The van der Waals surface area contributed by atoms with Crippen molar-refractivity contribution in [3.8, 4) is 16.9 Å². The number of halogens is 3. The number of carbonyl (C=O) groups excluding carboxylic acids is 1. The first-order valence-electron chi connectivity index (χ1n) is 11.3. The van der Waals surface area contributed by atoms with E-state index < -0.39 is 28.6 Å². The van der Waals surface area contributed by atoms with Crippen LogP contribution in [-0.4, -0.2) is 23.4 Å². The van der Waals surface area contributed by atoms with Gasteiger partial charge in [-0.3, -0.25) is 9.59 Å². The summed E-state index contributed by atoms with van der Waals surface area (Å²) in [5.41, 5.74) is -0.870. The van der Waals surface area contributed by atoms with Crippen molar-refractivity contribution < 1.29 is 18.3 Å². The lowest BCUT2D eigenvalue weighted by atomic mass is 9.80. The monoisotopic (exact) mass is 484 g/mol. The Kier molecular flexibility index (Phi) is 5.78. The predicted molar refractivity (Wildman–Crippen MR) is 126 cm³/mol. The van der Waals surface area contributed by atoms with Gasteiger partial charge in [-0.05, 0) is 24.9 Å². The lowest BCUT2D eigenvalue weighted by Crippen LogP contribution is -2.48. The second-order valence-electron chi connectivity index (χ2n) is 8.70. The van der Waals surface area contributed by atoms with Gasteiger partial charge in [0.05, 0.1) is 11.1 Å². The first-order chi connectivity index (χ1) is 16.4. The van der Waals surface area contributed by atoms with Crippen LogP contribution in [0.1, 0.15) is 47.7 Å². The van der Waals surface area contributed by atoms with Crippen LogP contribution in [0.15, 0.2) is 47.4 Å². The molecule has 5 rings (SSSR count). The van der Waals surface area contributed by atoms with Crippen molar-refractivity contribution in [3.63, 3.8) is 0 Å². The minimum absolute atomic E-state index is 0.00660. The number of ketones is 1. The van der Waals surface area contributed by atoms with Crippen LogP contribution in [0.5, 0.6) is 5.75 Å². The molecule has 0 saturated carbocycles. The minimum atomic E-state index is -1.18. The van der Waals surface area contributed by atoms with Gasteiger partial charge in [-0.1, -0.05) is 48.9 Å². The van der Waals surface area contributed by atoms with Gasteiger partial charge < -0.3 is 15.0 Å². The number of H-pyrrole nitrogens is 1. The van der Waals surface area contributed by atoms with Crippen LogP contribution in [0.4, 0.5) is 8.78 Å². The third kappa shape index (κ3) is 3.46. The fourth-order valence-corrected chi connectivity index (χ4v) is 5.45. The number of Topliss-reactive ketones (excluding diaryl/α,β-unsaturated/α-hetero) is 1. The molecule has 2 N–H and O–H groups in total. The Bertz CT molecular complexity index is 1340. The van der Waals surface area contributed by atoms with Gasteiger partial charge in [-0.2, -0.15) is 0 Å². The van der Waals surface area contributed by atoms with Crippen LogP contribution in [0.3, 0.4) is 0 Å². The molecule has 0 unspecified atom stereocenters. The van der Waals surface area contributed by atoms with Gasteiger partial charge in [0.15, 0.2) is 17.2 Å². The van der Waals surface area contributed by atoms with Gasteiger partial charge >= 0.3 is 0 Å². The van der Waals surface area contributed by atoms with E-state index in [-0.39, 0.29) is 46.3 Å². The van der Waals surface area contributed by atoms with Crippen molar-refractivity contribution in [1.82, 2.24) is 10.3 Å². The fourth-order valence-electron chi connectivity index (χ4n) is 5.18. The maximum absolute atomic E-state index is 15.3. The fraction of sp³-hybridized carbons (Fsp3) is 0.308. The van der Waals surface area contributed by atoms with Crippen molar-refractivity contribution in [2.45, 2.75) is 44.2 Å². The Labute approximate surface area is 200 Å². The molecule has 1 saturated heterocycles. The second kappa shape index (κ2) is 8.64. The summed E-state index contributed by atoms with van der Waals surface area (Å²) >= 11 is 6.42. The van der Waals surface area contributed by atoms with Crippen LogP contribution < -0.4 is 15.6 Å². The number of fused-ring (bicyclic) bond motifs is 1. The molecule has 176 valence electrons. The lowest BCUT2D eigenvalue weighted by Gasteiger charge is -2.35. The number of rotatable bonds is 5. The molecule has 0 amide bonds. The van der Waals surface area contributed by atoms with Crippen LogP contribution in [0, 0.1) is 11.6 Å². The maximum atomic E-state index is 15.3. The highest BCUT2D eigenvalue weighted by molar-refractivity contribution is 6.34. The van der Waals surface area contributed by atoms with Crippen LogP contribution in [-0.2, 0) is 12.0 Å². The zero-order valence-corrected chi connectivity index (χ0v) is 19.3. The molecule has 2 aliphatic rings. The molecule has 2 aromatic carbocycles. The van der Waals surface area contributed by atoms with E-state index in [9.17, 15) is 9.59 Å². The van der Waals surface area contributed by atoms with E-state index in [4.69, 9.17) is 16.3 Å². The van der Waals surface area contributed by atoms with E-state index in [0.29, 0.717) is 5.56 Å². The molecule has 1 aromatic heterocycles. The van der Waals surface area contributed by atoms with E-state index in [1.54, 1.807) is 6.92 Å². The van der Waals surface area contributed by atoms with E-state index >= 15 is 8.78 Å². The molecule has 3 heterocycles. The Morgan fingerprint density at radius 2 is 2.00 bits per heavy atom. The summed E-state index contributed by atoms with van der Waals surface area (Å²) in [7, 11) is 0. The van der Waals surface area contributed by atoms with Gasteiger partial charge in [-0.25, -0.2) is 8.78 Å². The molecule has 5 nitrogen and oxygen atoms in total. The molecule has 1 fully saturated rings. The van der Waals surface area contributed by atoms with Crippen molar-refractivity contribution in [3.05, 3.63) is 86.3 Å².